The van der Waals surface area contributed by atoms with Crippen molar-refractivity contribution in [3.8, 4) is 0 Å². The summed E-state index contributed by atoms with van der Waals surface area (Å²) in [5.74, 6) is 0.670. The molecule has 0 fully saturated rings. The van der Waals surface area contributed by atoms with E-state index >= 15 is 0 Å². The summed E-state index contributed by atoms with van der Waals surface area (Å²) in [4.78, 5) is 24.1. The average Bonchev–Trinajstić information content (AvgIpc) is 2.59. The van der Waals surface area contributed by atoms with Crippen LogP contribution >= 0.6 is 11.8 Å². The molecule has 2 aromatic carbocycles. The first-order valence-corrected chi connectivity index (χ1v) is 9.11. The molecule has 0 spiro atoms. The van der Waals surface area contributed by atoms with E-state index in [1.165, 1.54) is 11.8 Å². The van der Waals surface area contributed by atoms with Gasteiger partial charge in [-0.1, -0.05) is 30.3 Å². The van der Waals surface area contributed by atoms with Crippen LogP contribution in [0.25, 0.3) is 0 Å². The Balaban J connectivity index is 2.32. The lowest BCUT2D eigenvalue weighted by molar-refractivity contribution is 0.0635. The van der Waals surface area contributed by atoms with Crippen LogP contribution < -0.4 is 5.32 Å². The second kappa shape index (κ2) is 8.67. The van der Waals surface area contributed by atoms with E-state index in [0.717, 1.165) is 18.1 Å². The first-order chi connectivity index (χ1) is 12.3. The van der Waals surface area contributed by atoms with Crippen LogP contribution in [0, 0.1) is 5.41 Å². The zero-order valence-corrected chi connectivity index (χ0v) is 15.9. The molecule has 2 rings (SSSR count). The van der Waals surface area contributed by atoms with Gasteiger partial charge in [0, 0.05) is 28.0 Å². The molecule has 0 bridgehead atoms. The van der Waals surface area contributed by atoms with E-state index in [2.05, 4.69) is 5.32 Å². The first-order valence-electron chi connectivity index (χ1n) is 8.13. The van der Waals surface area contributed by atoms with Gasteiger partial charge < -0.3 is 10.1 Å². The second-order valence-corrected chi connectivity index (χ2v) is 7.66. The molecule has 2 N–H and O–H groups in total. The van der Waals surface area contributed by atoms with Crippen LogP contribution in [0.4, 0.5) is 10.5 Å². The number of nitrogens with one attached hydrogen (secondary N) is 2. The normalized spacial score (nSPS) is 10.9. The lowest BCUT2D eigenvalue weighted by Gasteiger charge is -2.21. The predicted molar refractivity (Wildman–Crippen MR) is 106 cm³/mol. The lowest BCUT2D eigenvalue weighted by Crippen LogP contribution is -2.27. The molecule has 0 saturated carbocycles. The largest absolute Gasteiger partial charge is 0.444 e. The van der Waals surface area contributed by atoms with Gasteiger partial charge in [0.2, 0.25) is 0 Å². The smallest absolute Gasteiger partial charge is 0.412 e. The topological polar surface area (TPSA) is 79.2 Å². The number of thioether (sulfide) groups is 1. The van der Waals surface area contributed by atoms with Crippen LogP contribution in [0.3, 0.4) is 0 Å². The number of carbonyl (C=O) groups excluding carboxylic acids is 2. The zero-order chi connectivity index (χ0) is 19.2. The molecular formula is C20H22N2O3S. The maximum Gasteiger partial charge on any atom is 0.412 e. The molecule has 6 heteroatoms. The molecule has 0 aliphatic rings. The molecule has 0 aliphatic heterocycles. The number of benzene rings is 2. The fourth-order valence-electron chi connectivity index (χ4n) is 2.23. The van der Waals surface area contributed by atoms with Crippen molar-refractivity contribution in [2.45, 2.75) is 37.0 Å². The summed E-state index contributed by atoms with van der Waals surface area (Å²) in [5.41, 5.74) is 1.87. The lowest BCUT2D eigenvalue weighted by atomic mass is 10.1. The highest BCUT2D eigenvalue weighted by Crippen LogP contribution is 2.33. The van der Waals surface area contributed by atoms with E-state index in [4.69, 9.17) is 10.1 Å². The molecule has 0 radical (unpaired) electrons. The van der Waals surface area contributed by atoms with Crippen molar-refractivity contribution in [3.63, 3.8) is 0 Å². The quantitative estimate of drug-likeness (QED) is 0.419. The number of aldehydes is 1. The molecule has 2 aromatic rings. The Kier molecular flexibility index (Phi) is 6.58. The van der Waals surface area contributed by atoms with E-state index in [-0.39, 0.29) is 0 Å². The van der Waals surface area contributed by atoms with Gasteiger partial charge in [-0.25, -0.2) is 4.79 Å². The van der Waals surface area contributed by atoms with Gasteiger partial charge in [0.25, 0.3) is 0 Å². The monoisotopic (exact) mass is 370 g/mol. The average molecular weight is 370 g/mol. The first kappa shape index (κ1) is 19.7. The van der Waals surface area contributed by atoms with E-state index in [0.29, 0.717) is 27.5 Å². The van der Waals surface area contributed by atoms with Crippen molar-refractivity contribution in [3.05, 3.63) is 59.2 Å². The fourth-order valence-corrected chi connectivity index (χ4v) is 3.28. The van der Waals surface area contributed by atoms with Crippen molar-refractivity contribution in [2.24, 2.45) is 0 Å². The number of ether oxygens (including phenoxy) is 1. The summed E-state index contributed by atoms with van der Waals surface area (Å²) in [6, 6.07) is 13.2. The van der Waals surface area contributed by atoms with Gasteiger partial charge in [-0.15, -0.1) is 11.8 Å². The Morgan fingerprint density at radius 3 is 2.50 bits per heavy atom. The summed E-state index contributed by atoms with van der Waals surface area (Å²) >= 11 is 1.49. The molecule has 136 valence electrons. The van der Waals surface area contributed by atoms with E-state index in [1.54, 1.807) is 32.9 Å². The number of hydrogen-bond acceptors (Lipinski definition) is 5. The predicted octanol–water partition coefficient (Wildman–Crippen LogP) is 5.14. The highest BCUT2D eigenvalue weighted by atomic mass is 32.2. The van der Waals surface area contributed by atoms with Gasteiger partial charge in [-0.2, -0.15) is 0 Å². The maximum absolute atomic E-state index is 12.2. The van der Waals surface area contributed by atoms with Crippen molar-refractivity contribution in [1.29, 1.82) is 5.41 Å². The summed E-state index contributed by atoms with van der Waals surface area (Å²) in [6.45, 7) is 5.35. The number of carbonyl (C=O) groups is 2. The van der Waals surface area contributed by atoms with Crippen LogP contribution in [0.15, 0.2) is 47.4 Å². The minimum absolute atomic E-state index is 0.453. The standard InChI is InChI=1S/C20H22N2O3S/c1-20(2,3)25-19(24)22-18-16(11-21)9-15(12-23)10-17(18)26-13-14-7-5-4-6-8-14/h4-12,21H,13H2,1-3H3,(H,22,24). The fraction of sp³-hybridized carbons (Fsp3) is 0.250. The Morgan fingerprint density at radius 2 is 1.92 bits per heavy atom. The SMILES string of the molecule is CC(C)(C)OC(=O)Nc1c(C=N)cc(C=O)cc1SCc1ccccc1. The third-order valence-electron chi connectivity index (χ3n) is 3.31. The third-order valence-corrected chi connectivity index (χ3v) is 4.42. The van der Waals surface area contributed by atoms with Crippen molar-refractivity contribution >= 4 is 36.0 Å². The van der Waals surface area contributed by atoms with Gasteiger partial charge >= 0.3 is 6.09 Å². The molecule has 0 unspecified atom stereocenters. The van der Waals surface area contributed by atoms with E-state index in [1.807, 2.05) is 30.3 Å². The van der Waals surface area contributed by atoms with Crippen LogP contribution in [-0.4, -0.2) is 24.2 Å². The van der Waals surface area contributed by atoms with E-state index in [9.17, 15) is 9.59 Å². The number of amides is 1. The molecule has 26 heavy (non-hydrogen) atoms. The van der Waals surface area contributed by atoms with Crippen molar-refractivity contribution in [2.75, 3.05) is 5.32 Å². The Labute approximate surface area is 157 Å². The van der Waals surface area contributed by atoms with Gasteiger partial charge in [0.15, 0.2) is 0 Å². The minimum Gasteiger partial charge on any atom is -0.444 e. The van der Waals surface area contributed by atoms with Crippen LogP contribution in [0.1, 0.15) is 42.3 Å². The summed E-state index contributed by atoms with van der Waals surface area (Å²) in [5, 5.41) is 10.4. The molecule has 1 amide bonds. The van der Waals surface area contributed by atoms with Gasteiger partial charge in [-0.05, 0) is 38.5 Å². The summed E-state index contributed by atoms with van der Waals surface area (Å²) < 4.78 is 5.31. The van der Waals surface area contributed by atoms with Gasteiger partial charge in [-0.3, -0.25) is 10.1 Å². The molecular weight excluding hydrogens is 348 g/mol. The number of anilines is 1. The zero-order valence-electron chi connectivity index (χ0n) is 15.0. The summed E-state index contributed by atoms with van der Waals surface area (Å²) in [6.07, 6.45) is 1.25. The minimum atomic E-state index is -0.630. The van der Waals surface area contributed by atoms with Crippen LogP contribution in [-0.2, 0) is 10.5 Å². The Hall–Kier alpha value is -2.60. The molecule has 5 nitrogen and oxygen atoms in total. The second-order valence-electron chi connectivity index (χ2n) is 6.65. The van der Waals surface area contributed by atoms with Gasteiger partial charge in [0.1, 0.15) is 11.9 Å². The van der Waals surface area contributed by atoms with E-state index < -0.39 is 11.7 Å². The third kappa shape index (κ3) is 5.74. The Bertz CT molecular complexity index is 799. The molecule has 0 saturated heterocycles. The maximum atomic E-state index is 12.2. The highest BCUT2D eigenvalue weighted by molar-refractivity contribution is 7.98. The number of rotatable bonds is 6. The van der Waals surface area contributed by atoms with Crippen molar-refractivity contribution in [1.82, 2.24) is 0 Å². The highest BCUT2D eigenvalue weighted by Gasteiger charge is 2.19. The summed E-state index contributed by atoms with van der Waals surface area (Å²) in [7, 11) is 0. The molecule has 0 aromatic heterocycles. The number of hydrogen-bond donors (Lipinski definition) is 2. The van der Waals surface area contributed by atoms with Gasteiger partial charge in [0.05, 0.1) is 5.69 Å². The van der Waals surface area contributed by atoms with Crippen LogP contribution in [0.2, 0.25) is 0 Å². The van der Waals surface area contributed by atoms with Crippen molar-refractivity contribution < 1.29 is 14.3 Å². The molecule has 0 aliphatic carbocycles. The Morgan fingerprint density at radius 1 is 1.23 bits per heavy atom. The molecule has 0 heterocycles. The van der Waals surface area contributed by atoms with Crippen LogP contribution in [0.5, 0.6) is 0 Å². The molecule has 0 atom stereocenters.